The molecule has 0 saturated carbocycles. The topological polar surface area (TPSA) is 103 Å². The van der Waals surface area contributed by atoms with Gasteiger partial charge in [0.2, 0.25) is 5.95 Å². The molecule has 0 fully saturated rings. The fourth-order valence-corrected chi connectivity index (χ4v) is 2.39. The molecule has 0 aliphatic heterocycles. The highest BCUT2D eigenvalue weighted by Crippen LogP contribution is 2.18. The van der Waals surface area contributed by atoms with E-state index in [2.05, 4.69) is 10.2 Å². The van der Waals surface area contributed by atoms with Gasteiger partial charge in [-0.15, -0.1) is 10.2 Å². The molecule has 0 spiro atoms. The van der Waals surface area contributed by atoms with Crippen LogP contribution in [0.5, 0.6) is 5.75 Å². The summed E-state index contributed by atoms with van der Waals surface area (Å²) in [5.74, 6) is 0.0258. The first kappa shape index (κ1) is 15.2. The number of carbonyl (C=O) groups is 1. The Kier molecular flexibility index (Phi) is 5.04. The van der Waals surface area contributed by atoms with Gasteiger partial charge in [0.05, 0.1) is 12.3 Å². The number of carboxylic acids is 1. The Bertz CT molecular complexity index is 630. The second kappa shape index (κ2) is 6.98. The third-order valence-corrected chi connectivity index (χ3v) is 3.59. The van der Waals surface area contributed by atoms with Crippen LogP contribution in [0, 0.1) is 6.92 Å². The zero-order valence-electron chi connectivity index (χ0n) is 11.5. The van der Waals surface area contributed by atoms with Crippen molar-refractivity contribution in [1.82, 2.24) is 14.8 Å². The largest absolute Gasteiger partial charge is 0.492 e. The van der Waals surface area contributed by atoms with Crippen LogP contribution in [-0.2, 0) is 11.3 Å². The van der Waals surface area contributed by atoms with E-state index in [0.29, 0.717) is 18.3 Å². The number of aliphatic carboxylic acids is 1. The summed E-state index contributed by atoms with van der Waals surface area (Å²) in [5, 5.41) is 16.8. The van der Waals surface area contributed by atoms with E-state index in [9.17, 15) is 4.79 Å². The van der Waals surface area contributed by atoms with E-state index in [4.69, 9.17) is 15.6 Å². The smallest absolute Gasteiger partial charge is 0.313 e. The molecule has 112 valence electrons. The van der Waals surface area contributed by atoms with Crippen molar-refractivity contribution in [3.63, 3.8) is 0 Å². The summed E-state index contributed by atoms with van der Waals surface area (Å²) in [6.07, 6.45) is 0. The molecule has 0 amide bonds. The lowest BCUT2D eigenvalue weighted by molar-refractivity contribution is -0.133. The van der Waals surface area contributed by atoms with Crippen LogP contribution < -0.4 is 10.5 Å². The monoisotopic (exact) mass is 308 g/mol. The first-order valence-corrected chi connectivity index (χ1v) is 7.27. The quantitative estimate of drug-likeness (QED) is 0.746. The number of carboxylic acid groups (broad SMARTS) is 1. The number of nitrogens with two attached hydrogens (primary N) is 1. The van der Waals surface area contributed by atoms with E-state index < -0.39 is 5.97 Å². The van der Waals surface area contributed by atoms with Crippen LogP contribution >= 0.6 is 11.8 Å². The van der Waals surface area contributed by atoms with Gasteiger partial charge in [-0.3, -0.25) is 9.36 Å². The fourth-order valence-electron chi connectivity index (χ4n) is 1.70. The number of ether oxygens (including phenoxy) is 1. The summed E-state index contributed by atoms with van der Waals surface area (Å²) < 4.78 is 7.28. The Labute approximate surface area is 126 Å². The van der Waals surface area contributed by atoms with E-state index in [1.807, 2.05) is 31.2 Å². The highest BCUT2D eigenvalue weighted by atomic mass is 32.2. The molecule has 7 nitrogen and oxygen atoms in total. The van der Waals surface area contributed by atoms with Gasteiger partial charge in [-0.1, -0.05) is 23.9 Å². The van der Waals surface area contributed by atoms with Crippen LogP contribution in [0.4, 0.5) is 5.95 Å². The molecule has 0 unspecified atom stereocenters. The maximum Gasteiger partial charge on any atom is 0.313 e. The average molecular weight is 308 g/mol. The Morgan fingerprint density at radius 2 is 2.29 bits per heavy atom. The molecule has 0 aliphatic rings. The molecule has 1 heterocycles. The van der Waals surface area contributed by atoms with Crippen LogP contribution in [0.3, 0.4) is 0 Å². The summed E-state index contributed by atoms with van der Waals surface area (Å²) >= 11 is 1.08. The van der Waals surface area contributed by atoms with Crippen LogP contribution in [0.15, 0.2) is 29.4 Å². The number of aryl methyl sites for hydroxylation is 1. The number of benzene rings is 1. The van der Waals surface area contributed by atoms with Gasteiger partial charge in [0.15, 0.2) is 5.16 Å². The van der Waals surface area contributed by atoms with Crippen molar-refractivity contribution in [3.05, 3.63) is 29.8 Å². The van der Waals surface area contributed by atoms with E-state index in [1.165, 1.54) is 0 Å². The first-order chi connectivity index (χ1) is 10.1. The number of hydrogen-bond acceptors (Lipinski definition) is 6. The van der Waals surface area contributed by atoms with Gasteiger partial charge in [0, 0.05) is 0 Å². The molecule has 21 heavy (non-hydrogen) atoms. The van der Waals surface area contributed by atoms with Crippen LogP contribution in [0.2, 0.25) is 0 Å². The summed E-state index contributed by atoms with van der Waals surface area (Å²) in [4.78, 5) is 10.6. The maximum atomic E-state index is 10.6. The van der Waals surface area contributed by atoms with Crippen molar-refractivity contribution in [3.8, 4) is 5.75 Å². The second-order valence-electron chi connectivity index (χ2n) is 4.34. The summed E-state index contributed by atoms with van der Waals surface area (Å²) in [7, 11) is 0. The van der Waals surface area contributed by atoms with Gasteiger partial charge in [-0.05, 0) is 24.6 Å². The van der Waals surface area contributed by atoms with Gasteiger partial charge in [0.25, 0.3) is 0 Å². The van der Waals surface area contributed by atoms with Crippen LogP contribution in [0.25, 0.3) is 0 Å². The minimum atomic E-state index is -0.913. The predicted molar refractivity (Wildman–Crippen MR) is 79.5 cm³/mol. The molecule has 0 radical (unpaired) electrons. The zero-order valence-corrected chi connectivity index (χ0v) is 12.3. The fraction of sp³-hybridized carbons (Fsp3) is 0.308. The molecule has 1 aromatic carbocycles. The molecule has 2 rings (SSSR count). The molecule has 0 bridgehead atoms. The molecule has 0 aliphatic carbocycles. The minimum absolute atomic E-state index is 0.0864. The molecular weight excluding hydrogens is 292 g/mol. The van der Waals surface area contributed by atoms with E-state index in [-0.39, 0.29) is 11.7 Å². The lowest BCUT2D eigenvalue weighted by atomic mass is 10.2. The predicted octanol–water partition coefficient (Wildman–Crippen LogP) is 1.42. The summed E-state index contributed by atoms with van der Waals surface area (Å²) in [6, 6.07) is 7.73. The average Bonchev–Trinajstić information content (AvgIpc) is 2.78. The molecule has 0 saturated heterocycles. The number of anilines is 1. The molecule has 1 aromatic heterocycles. The first-order valence-electron chi connectivity index (χ1n) is 6.29. The minimum Gasteiger partial charge on any atom is -0.492 e. The van der Waals surface area contributed by atoms with Crippen molar-refractivity contribution in [1.29, 1.82) is 0 Å². The summed E-state index contributed by atoms with van der Waals surface area (Å²) in [6.45, 7) is 2.84. The Morgan fingerprint density at radius 3 is 3.00 bits per heavy atom. The maximum absolute atomic E-state index is 10.6. The standard InChI is InChI=1S/C13H16N4O3S/c1-9-3-2-4-10(7-9)20-6-5-17-12(14)15-16-13(17)21-8-11(18)19/h2-4,7H,5-6,8H2,1H3,(H2,14,15)(H,18,19). The number of thioether (sulfide) groups is 1. The number of nitrogen functional groups attached to an aromatic ring is 1. The highest BCUT2D eigenvalue weighted by molar-refractivity contribution is 7.99. The molecular formula is C13H16N4O3S. The van der Waals surface area contributed by atoms with E-state index >= 15 is 0 Å². The summed E-state index contributed by atoms with van der Waals surface area (Å²) in [5.41, 5.74) is 6.84. The van der Waals surface area contributed by atoms with Crippen molar-refractivity contribution in [2.75, 3.05) is 18.1 Å². The Hall–Kier alpha value is -2.22. The number of nitrogens with zero attached hydrogens (tertiary/aromatic N) is 3. The molecule has 3 N–H and O–H groups in total. The van der Waals surface area contributed by atoms with Gasteiger partial charge in [0.1, 0.15) is 12.4 Å². The van der Waals surface area contributed by atoms with Gasteiger partial charge in [-0.2, -0.15) is 0 Å². The van der Waals surface area contributed by atoms with E-state index in [1.54, 1.807) is 4.57 Å². The Balaban J connectivity index is 1.93. The third-order valence-electron chi connectivity index (χ3n) is 2.64. The van der Waals surface area contributed by atoms with Gasteiger partial charge in [-0.25, -0.2) is 0 Å². The van der Waals surface area contributed by atoms with Crippen molar-refractivity contribution in [2.24, 2.45) is 0 Å². The van der Waals surface area contributed by atoms with Crippen molar-refractivity contribution < 1.29 is 14.6 Å². The van der Waals surface area contributed by atoms with Gasteiger partial charge >= 0.3 is 5.97 Å². The van der Waals surface area contributed by atoms with Crippen molar-refractivity contribution in [2.45, 2.75) is 18.6 Å². The van der Waals surface area contributed by atoms with Crippen molar-refractivity contribution >= 4 is 23.7 Å². The van der Waals surface area contributed by atoms with Crippen LogP contribution in [-0.4, -0.2) is 38.2 Å². The zero-order chi connectivity index (χ0) is 15.2. The lowest BCUT2D eigenvalue weighted by Crippen LogP contribution is -2.12. The number of rotatable bonds is 7. The van der Waals surface area contributed by atoms with Crippen LogP contribution in [0.1, 0.15) is 5.56 Å². The number of hydrogen-bond donors (Lipinski definition) is 2. The highest BCUT2D eigenvalue weighted by Gasteiger charge is 2.11. The second-order valence-corrected chi connectivity index (χ2v) is 5.28. The third kappa shape index (κ3) is 4.38. The molecule has 0 atom stereocenters. The lowest BCUT2D eigenvalue weighted by Gasteiger charge is -2.09. The normalized spacial score (nSPS) is 10.5. The van der Waals surface area contributed by atoms with Gasteiger partial charge < -0.3 is 15.6 Å². The molecule has 8 heteroatoms. The SMILES string of the molecule is Cc1cccc(OCCn2c(N)nnc2SCC(=O)O)c1. The van der Waals surface area contributed by atoms with E-state index in [0.717, 1.165) is 23.1 Å². The Morgan fingerprint density at radius 1 is 1.48 bits per heavy atom. The number of aromatic nitrogens is 3. The molecule has 2 aromatic rings.